The highest BCUT2D eigenvalue weighted by atomic mass is 32.2. The van der Waals surface area contributed by atoms with Crippen LogP contribution in [-0.2, 0) is 4.79 Å². The fourth-order valence-corrected chi connectivity index (χ4v) is 2.94. The van der Waals surface area contributed by atoms with E-state index in [2.05, 4.69) is 0 Å². The van der Waals surface area contributed by atoms with Gasteiger partial charge in [-0.15, -0.1) is 0 Å². The lowest BCUT2D eigenvalue weighted by Gasteiger charge is -2.29. The average molecular weight is 184 g/mol. The molecule has 0 bridgehead atoms. The van der Waals surface area contributed by atoms with E-state index in [-0.39, 0.29) is 0 Å². The molecule has 0 radical (unpaired) electrons. The maximum absolute atomic E-state index is 11.8. The van der Waals surface area contributed by atoms with Gasteiger partial charge < -0.3 is 0 Å². The maximum Gasteiger partial charge on any atom is 0.148 e. The van der Waals surface area contributed by atoms with E-state index in [9.17, 15) is 4.79 Å². The summed E-state index contributed by atoms with van der Waals surface area (Å²) in [5.74, 6) is 2.23. The van der Waals surface area contributed by atoms with Gasteiger partial charge in [0.25, 0.3) is 0 Å². The van der Waals surface area contributed by atoms with Gasteiger partial charge in [-0.3, -0.25) is 4.79 Å². The molecule has 1 aliphatic carbocycles. The number of carbonyl (C=O) groups is 1. The zero-order valence-corrected chi connectivity index (χ0v) is 8.24. The standard InChI is InChI=1S/C10H16OS/c11-10(9-6-7-12-9)8-4-2-1-3-5-8/h8-9H,1-7H2. The minimum absolute atomic E-state index is 0.396. The number of rotatable bonds is 2. The Morgan fingerprint density at radius 2 is 1.75 bits per heavy atom. The predicted octanol–water partition coefficient (Wildman–Crippen LogP) is 2.64. The molecule has 2 fully saturated rings. The second-order valence-electron chi connectivity index (χ2n) is 3.89. The summed E-state index contributed by atoms with van der Waals surface area (Å²) in [7, 11) is 0. The summed E-state index contributed by atoms with van der Waals surface area (Å²) in [6.45, 7) is 0. The van der Waals surface area contributed by atoms with Crippen LogP contribution >= 0.6 is 11.8 Å². The van der Waals surface area contributed by atoms with Crippen LogP contribution in [0.25, 0.3) is 0 Å². The van der Waals surface area contributed by atoms with Gasteiger partial charge in [0.15, 0.2) is 0 Å². The Hall–Kier alpha value is 0.0200. The molecule has 0 aromatic rings. The Morgan fingerprint density at radius 1 is 1.08 bits per heavy atom. The Morgan fingerprint density at radius 3 is 2.25 bits per heavy atom. The molecule has 1 nitrogen and oxygen atoms in total. The van der Waals surface area contributed by atoms with Crippen LogP contribution < -0.4 is 0 Å². The fourth-order valence-electron chi connectivity index (χ4n) is 2.11. The molecule has 2 rings (SSSR count). The van der Waals surface area contributed by atoms with Crippen molar-refractivity contribution in [1.82, 2.24) is 0 Å². The van der Waals surface area contributed by atoms with Gasteiger partial charge in [0, 0.05) is 5.92 Å². The molecule has 68 valence electrons. The second kappa shape index (κ2) is 3.82. The monoisotopic (exact) mass is 184 g/mol. The first-order valence-electron chi connectivity index (χ1n) is 5.03. The van der Waals surface area contributed by atoms with Crippen molar-refractivity contribution in [2.45, 2.75) is 43.8 Å². The van der Waals surface area contributed by atoms with E-state index in [1.165, 1.54) is 37.9 Å². The highest BCUT2D eigenvalue weighted by molar-refractivity contribution is 8.02. The first-order chi connectivity index (χ1) is 5.88. The molecule has 1 unspecified atom stereocenters. The first-order valence-corrected chi connectivity index (χ1v) is 6.08. The van der Waals surface area contributed by atoms with Gasteiger partial charge in [0.2, 0.25) is 0 Å². The molecule has 1 atom stereocenters. The van der Waals surface area contributed by atoms with Crippen molar-refractivity contribution >= 4 is 17.5 Å². The van der Waals surface area contributed by atoms with E-state index in [4.69, 9.17) is 0 Å². The average Bonchev–Trinajstić information content (AvgIpc) is 2.03. The highest BCUT2D eigenvalue weighted by Gasteiger charge is 2.32. The van der Waals surface area contributed by atoms with E-state index in [1.807, 2.05) is 11.8 Å². The molecule has 0 N–H and O–H groups in total. The van der Waals surface area contributed by atoms with Crippen LogP contribution in [0, 0.1) is 5.92 Å². The third-order valence-electron chi connectivity index (χ3n) is 3.02. The van der Waals surface area contributed by atoms with Crippen molar-refractivity contribution in [3.05, 3.63) is 0 Å². The molecular weight excluding hydrogens is 168 g/mol. The Bertz CT molecular complexity index is 169. The number of Topliss-reactive ketones (excluding diaryl/α,β-unsaturated/α-hetero) is 1. The summed E-state index contributed by atoms with van der Waals surface area (Å²) in [5, 5.41) is 0.396. The third kappa shape index (κ3) is 1.68. The van der Waals surface area contributed by atoms with Crippen LogP contribution in [0.15, 0.2) is 0 Å². The molecule has 12 heavy (non-hydrogen) atoms. The highest BCUT2D eigenvalue weighted by Crippen LogP contribution is 2.34. The number of hydrogen-bond donors (Lipinski definition) is 0. The van der Waals surface area contributed by atoms with Gasteiger partial charge in [0.05, 0.1) is 5.25 Å². The van der Waals surface area contributed by atoms with Gasteiger partial charge in [-0.05, 0) is 25.0 Å². The second-order valence-corrected chi connectivity index (χ2v) is 5.20. The van der Waals surface area contributed by atoms with E-state index in [1.54, 1.807) is 0 Å². The number of thioether (sulfide) groups is 1. The number of ketones is 1. The van der Waals surface area contributed by atoms with Crippen molar-refractivity contribution in [2.75, 3.05) is 5.75 Å². The normalized spacial score (nSPS) is 31.2. The van der Waals surface area contributed by atoms with E-state index >= 15 is 0 Å². The molecule has 0 spiro atoms. The minimum atomic E-state index is 0.396. The van der Waals surface area contributed by atoms with Crippen LogP contribution in [0.5, 0.6) is 0 Å². The van der Waals surface area contributed by atoms with Crippen LogP contribution in [0.4, 0.5) is 0 Å². The molecule has 1 saturated carbocycles. The van der Waals surface area contributed by atoms with Crippen molar-refractivity contribution in [3.63, 3.8) is 0 Å². The summed E-state index contributed by atoms with van der Waals surface area (Å²) in [6.07, 6.45) is 7.43. The lowest BCUT2D eigenvalue weighted by Crippen LogP contribution is -2.32. The molecule has 1 aliphatic heterocycles. The van der Waals surface area contributed by atoms with Crippen LogP contribution in [0.3, 0.4) is 0 Å². The quantitative estimate of drug-likeness (QED) is 0.656. The summed E-state index contributed by atoms with van der Waals surface area (Å²) in [5.41, 5.74) is 0. The Kier molecular flexibility index (Phi) is 2.74. The molecular formula is C10H16OS. The molecule has 0 aromatic heterocycles. The minimum Gasteiger partial charge on any atom is -0.298 e. The van der Waals surface area contributed by atoms with E-state index < -0.39 is 0 Å². The van der Waals surface area contributed by atoms with Gasteiger partial charge >= 0.3 is 0 Å². The molecule has 1 heterocycles. The Balaban J connectivity index is 1.84. The van der Waals surface area contributed by atoms with Crippen molar-refractivity contribution in [3.8, 4) is 0 Å². The lowest BCUT2D eigenvalue weighted by atomic mass is 9.84. The first kappa shape index (κ1) is 8.61. The van der Waals surface area contributed by atoms with Crippen molar-refractivity contribution in [2.24, 2.45) is 5.92 Å². The SMILES string of the molecule is O=C(C1CCCCC1)C1CCS1. The summed E-state index contributed by atoms with van der Waals surface area (Å²) >= 11 is 1.86. The smallest absolute Gasteiger partial charge is 0.148 e. The van der Waals surface area contributed by atoms with E-state index in [0.29, 0.717) is 17.0 Å². The van der Waals surface area contributed by atoms with Gasteiger partial charge in [-0.1, -0.05) is 19.3 Å². The van der Waals surface area contributed by atoms with Gasteiger partial charge in [-0.2, -0.15) is 11.8 Å². The zero-order valence-electron chi connectivity index (χ0n) is 7.42. The summed E-state index contributed by atoms with van der Waals surface area (Å²) < 4.78 is 0. The van der Waals surface area contributed by atoms with Crippen molar-refractivity contribution in [1.29, 1.82) is 0 Å². The molecule has 2 aliphatic rings. The fraction of sp³-hybridized carbons (Fsp3) is 0.900. The van der Waals surface area contributed by atoms with Crippen molar-refractivity contribution < 1.29 is 4.79 Å². The molecule has 2 heteroatoms. The topological polar surface area (TPSA) is 17.1 Å². The van der Waals surface area contributed by atoms with Gasteiger partial charge in [0.1, 0.15) is 5.78 Å². The third-order valence-corrected chi connectivity index (χ3v) is 4.37. The molecule has 0 aromatic carbocycles. The molecule has 1 saturated heterocycles. The molecule has 0 amide bonds. The largest absolute Gasteiger partial charge is 0.298 e. The number of hydrogen-bond acceptors (Lipinski definition) is 2. The van der Waals surface area contributed by atoms with E-state index in [0.717, 1.165) is 6.42 Å². The number of carbonyl (C=O) groups excluding carboxylic acids is 1. The lowest BCUT2D eigenvalue weighted by molar-refractivity contribution is -0.123. The summed E-state index contributed by atoms with van der Waals surface area (Å²) in [4.78, 5) is 11.8. The Labute approximate surface area is 78.3 Å². The maximum atomic E-state index is 11.8. The summed E-state index contributed by atoms with van der Waals surface area (Å²) in [6, 6.07) is 0. The van der Waals surface area contributed by atoms with Crippen LogP contribution in [-0.4, -0.2) is 16.8 Å². The predicted molar refractivity (Wildman–Crippen MR) is 52.4 cm³/mol. The van der Waals surface area contributed by atoms with Gasteiger partial charge in [-0.25, -0.2) is 0 Å². The zero-order chi connectivity index (χ0) is 8.39. The van der Waals surface area contributed by atoms with Crippen LogP contribution in [0.1, 0.15) is 38.5 Å². The van der Waals surface area contributed by atoms with Crippen LogP contribution in [0.2, 0.25) is 0 Å².